The van der Waals surface area contributed by atoms with Crippen LogP contribution in [0.4, 0.5) is 5.69 Å². The summed E-state index contributed by atoms with van der Waals surface area (Å²) in [6.07, 6.45) is 2.41. The van der Waals surface area contributed by atoms with Gasteiger partial charge >= 0.3 is 0 Å². The van der Waals surface area contributed by atoms with Gasteiger partial charge in [-0.3, -0.25) is 9.52 Å². The van der Waals surface area contributed by atoms with Gasteiger partial charge in [-0.1, -0.05) is 17.7 Å². The molecule has 146 valence electrons. The molecule has 0 aliphatic carbocycles. The van der Waals surface area contributed by atoms with Crippen LogP contribution in [0.3, 0.4) is 0 Å². The number of hydrogen-bond donors (Lipinski definition) is 1. The van der Waals surface area contributed by atoms with Gasteiger partial charge in [0.1, 0.15) is 9.77 Å². The van der Waals surface area contributed by atoms with Crippen molar-refractivity contribution in [3.63, 3.8) is 0 Å². The monoisotopic (exact) mass is 407 g/mol. The van der Waals surface area contributed by atoms with Gasteiger partial charge < -0.3 is 9.80 Å². The Labute approximate surface area is 164 Å². The van der Waals surface area contributed by atoms with Crippen LogP contribution < -0.4 is 4.72 Å². The van der Waals surface area contributed by atoms with Gasteiger partial charge in [-0.2, -0.15) is 0 Å². The van der Waals surface area contributed by atoms with Crippen LogP contribution in [0.2, 0.25) is 0 Å². The second-order valence-electron chi connectivity index (χ2n) is 6.86. The lowest BCUT2D eigenvalue weighted by molar-refractivity contribution is 0.0783. The maximum absolute atomic E-state index is 12.8. The second kappa shape index (κ2) is 8.41. The molecule has 1 aliphatic rings. The maximum atomic E-state index is 12.8. The lowest BCUT2D eigenvalue weighted by Crippen LogP contribution is -2.35. The molecule has 1 aliphatic heterocycles. The molecule has 0 radical (unpaired) electrons. The van der Waals surface area contributed by atoms with Gasteiger partial charge in [0.05, 0.1) is 0 Å². The van der Waals surface area contributed by atoms with E-state index in [0.29, 0.717) is 12.2 Å². The Morgan fingerprint density at radius 3 is 2.52 bits per heavy atom. The first kappa shape index (κ1) is 19.9. The Hall–Kier alpha value is -1.90. The SMILES string of the molecule is Cc1ccc(NS(=O)(=O)c2ccsc2C(=O)N(C)CCN2CCCC2)cc1. The third-order valence-corrected chi connectivity index (χ3v) is 7.17. The molecule has 0 atom stereocenters. The van der Waals surface area contributed by atoms with Crippen molar-refractivity contribution in [3.05, 3.63) is 46.2 Å². The van der Waals surface area contributed by atoms with Crippen LogP contribution in [-0.2, 0) is 10.0 Å². The van der Waals surface area contributed by atoms with Crippen LogP contribution in [0.1, 0.15) is 28.1 Å². The van der Waals surface area contributed by atoms with Gasteiger partial charge in [0, 0.05) is 25.8 Å². The minimum absolute atomic E-state index is 0.0334. The molecule has 6 nitrogen and oxygen atoms in total. The molecule has 1 N–H and O–H groups in total. The molecule has 0 bridgehead atoms. The molecule has 0 unspecified atom stereocenters. The maximum Gasteiger partial charge on any atom is 0.265 e. The van der Waals surface area contributed by atoms with Crippen LogP contribution >= 0.6 is 11.3 Å². The first-order chi connectivity index (χ1) is 12.9. The standard InChI is InChI=1S/C19H25N3O3S2/c1-15-5-7-16(8-6-15)20-27(24,25)17-9-14-26-18(17)19(23)21(2)12-13-22-10-3-4-11-22/h5-9,14,20H,3-4,10-13H2,1-2H3. The van der Waals surface area contributed by atoms with Crippen molar-refractivity contribution < 1.29 is 13.2 Å². The number of likely N-dealkylation sites (tertiary alicyclic amines) is 1. The van der Waals surface area contributed by atoms with Crippen LogP contribution in [0.5, 0.6) is 0 Å². The number of anilines is 1. The van der Waals surface area contributed by atoms with Gasteiger partial charge in [0.25, 0.3) is 15.9 Å². The third kappa shape index (κ3) is 4.88. The van der Waals surface area contributed by atoms with E-state index in [0.717, 1.165) is 36.5 Å². The number of sulfonamides is 1. The first-order valence-electron chi connectivity index (χ1n) is 9.01. The topological polar surface area (TPSA) is 69.7 Å². The van der Waals surface area contributed by atoms with Gasteiger partial charge in [-0.05, 0) is 56.4 Å². The van der Waals surface area contributed by atoms with Crippen LogP contribution in [-0.4, -0.2) is 57.4 Å². The van der Waals surface area contributed by atoms with E-state index in [2.05, 4.69) is 9.62 Å². The summed E-state index contributed by atoms with van der Waals surface area (Å²) in [6.45, 7) is 5.48. The normalized spacial score (nSPS) is 15.0. The molecule has 0 saturated carbocycles. The molecule has 2 heterocycles. The van der Waals surface area contributed by atoms with Gasteiger partial charge in [0.2, 0.25) is 0 Å². The van der Waals surface area contributed by atoms with Crippen LogP contribution in [0, 0.1) is 6.92 Å². The Kier molecular flexibility index (Phi) is 6.18. The van der Waals surface area contributed by atoms with Gasteiger partial charge in [-0.25, -0.2) is 8.42 Å². The molecule has 1 amide bonds. The summed E-state index contributed by atoms with van der Waals surface area (Å²) in [7, 11) is -2.10. The third-order valence-electron chi connectivity index (χ3n) is 4.71. The van der Waals surface area contributed by atoms with E-state index in [9.17, 15) is 13.2 Å². The summed E-state index contributed by atoms with van der Waals surface area (Å²) in [6, 6.07) is 8.59. The number of rotatable bonds is 7. The summed E-state index contributed by atoms with van der Waals surface area (Å²) >= 11 is 1.16. The summed E-state index contributed by atoms with van der Waals surface area (Å²) in [5, 5.41) is 1.64. The number of likely N-dealkylation sites (N-methyl/N-ethyl adjacent to an activating group) is 1. The van der Waals surface area contributed by atoms with E-state index < -0.39 is 10.0 Å². The minimum atomic E-state index is -3.82. The summed E-state index contributed by atoms with van der Waals surface area (Å²) < 4.78 is 28.1. The predicted octanol–water partition coefficient (Wildman–Crippen LogP) is 3.03. The molecular formula is C19H25N3O3S2. The zero-order valence-electron chi connectivity index (χ0n) is 15.6. The van der Waals surface area contributed by atoms with Crippen molar-refractivity contribution in [2.24, 2.45) is 0 Å². The van der Waals surface area contributed by atoms with Crippen molar-refractivity contribution in [1.29, 1.82) is 0 Å². The van der Waals surface area contributed by atoms with E-state index in [4.69, 9.17) is 0 Å². The molecule has 1 fully saturated rings. The molecule has 1 saturated heterocycles. The number of nitrogens with one attached hydrogen (secondary N) is 1. The quantitative estimate of drug-likeness (QED) is 0.766. The average molecular weight is 408 g/mol. The number of carbonyl (C=O) groups excluding carboxylic acids is 1. The van der Waals surface area contributed by atoms with Crippen molar-refractivity contribution in [1.82, 2.24) is 9.80 Å². The largest absolute Gasteiger partial charge is 0.340 e. The molecule has 1 aromatic carbocycles. The fraction of sp³-hybridized carbons (Fsp3) is 0.421. The molecule has 3 rings (SSSR count). The molecule has 2 aromatic rings. The van der Waals surface area contributed by atoms with Crippen molar-refractivity contribution in [2.75, 3.05) is 37.9 Å². The molecule has 8 heteroatoms. The zero-order valence-corrected chi connectivity index (χ0v) is 17.3. The predicted molar refractivity (Wildman–Crippen MR) is 109 cm³/mol. The number of thiophene rings is 1. The number of benzene rings is 1. The first-order valence-corrected chi connectivity index (χ1v) is 11.4. The Morgan fingerprint density at radius 1 is 1.19 bits per heavy atom. The fourth-order valence-corrected chi connectivity index (χ4v) is 5.54. The molecular weight excluding hydrogens is 382 g/mol. The van der Waals surface area contributed by atoms with Crippen LogP contribution in [0.15, 0.2) is 40.6 Å². The average Bonchev–Trinajstić information content (AvgIpc) is 3.32. The molecule has 27 heavy (non-hydrogen) atoms. The van der Waals surface area contributed by atoms with E-state index in [1.54, 1.807) is 29.5 Å². The van der Waals surface area contributed by atoms with Crippen molar-refractivity contribution in [3.8, 4) is 0 Å². The number of carbonyl (C=O) groups is 1. The molecule has 1 aromatic heterocycles. The van der Waals surface area contributed by atoms with E-state index in [1.807, 2.05) is 19.1 Å². The highest BCUT2D eigenvalue weighted by Gasteiger charge is 2.26. The highest BCUT2D eigenvalue weighted by molar-refractivity contribution is 7.93. The van der Waals surface area contributed by atoms with Gasteiger partial charge in [0.15, 0.2) is 0 Å². The number of amides is 1. The lowest BCUT2D eigenvalue weighted by Gasteiger charge is -2.21. The highest BCUT2D eigenvalue weighted by Crippen LogP contribution is 2.26. The Morgan fingerprint density at radius 2 is 1.85 bits per heavy atom. The number of aryl methyl sites for hydroxylation is 1. The highest BCUT2D eigenvalue weighted by atomic mass is 32.2. The number of nitrogens with zero attached hydrogens (tertiary/aromatic N) is 2. The van der Waals surface area contributed by atoms with Crippen LogP contribution in [0.25, 0.3) is 0 Å². The molecule has 0 spiro atoms. The summed E-state index contributed by atoms with van der Waals surface area (Å²) in [4.78, 5) is 17.0. The summed E-state index contributed by atoms with van der Waals surface area (Å²) in [5.74, 6) is -0.256. The smallest absolute Gasteiger partial charge is 0.265 e. The fourth-order valence-electron chi connectivity index (χ4n) is 3.07. The Balaban J connectivity index is 1.71. The van der Waals surface area contributed by atoms with E-state index >= 15 is 0 Å². The second-order valence-corrected chi connectivity index (χ2v) is 9.43. The Bertz CT molecular complexity index is 885. The lowest BCUT2D eigenvalue weighted by atomic mass is 10.2. The minimum Gasteiger partial charge on any atom is -0.340 e. The number of hydrogen-bond acceptors (Lipinski definition) is 5. The zero-order chi connectivity index (χ0) is 19.4. The van der Waals surface area contributed by atoms with Crippen molar-refractivity contribution >= 4 is 33.0 Å². The van der Waals surface area contributed by atoms with E-state index in [-0.39, 0.29) is 15.7 Å². The van der Waals surface area contributed by atoms with Gasteiger partial charge in [-0.15, -0.1) is 11.3 Å². The summed E-state index contributed by atoms with van der Waals surface area (Å²) in [5.41, 5.74) is 1.52. The van der Waals surface area contributed by atoms with Crippen molar-refractivity contribution in [2.45, 2.75) is 24.7 Å². The van der Waals surface area contributed by atoms with E-state index in [1.165, 1.54) is 18.9 Å².